The summed E-state index contributed by atoms with van der Waals surface area (Å²) in [6, 6.07) is 8.68. The Balaban J connectivity index is 1.86. The zero-order valence-electron chi connectivity index (χ0n) is 11.5. The van der Waals surface area contributed by atoms with Gasteiger partial charge in [-0.3, -0.25) is 4.99 Å². The predicted octanol–water partition coefficient (Wildman–Crippen LogP) is 3.40. The minimum atomic E-state index is 0.243. The molecule has 1 saturated heterocycles. The van der Waals surface area contributed by atoms with E-state index in [-0.39, 0.29) is 5.54 Å². The molecule has 3 heteroatoms. The van der Waals surface area contributed by atoms with Crippen molar-refractivity contribution in [2.24, 2.45) is 4.99 Å². The van der Waals surface area contributed by atoms with Crippen LogP contribution < -0.4 is 5.32 Å². The number of aryl methyl sites for hydroxylation is 1. The van der Waals surface area contributed by atoms with E-state index in [1.165, 1.54) is 11.1 Å². The number of hydrogen-bond donors (Lipinski definition) is 1. The zero-order valence-corrected chi connectivity index (χ0v) is 12.3. The van der Waals surface area contributed by atoms with E-state index in [4.69, 9.17) is 0 Å². The molecule has 1 aromatic carbocycles. The summed E-state index contributed by atoms with van der Waals surface area (Å²) in [4.78, 5) is 4.66. The lowest BCUT2D eigenvalue weighted by Gasteiger charge is -2.20. The van der Waals surface area contributed by atoms with Crippen LogP contribution >= 0.6 is 11.8 Å². The smallest absolute Gasteiger partial charge is 0.157 e. The van der Waals surface area contributed by atoms with E-state index in [1.54, 1.807) is 0 Å². The monoisotopic (exact) mass is 262 g/mol. The van der Waals surface area contributed by atoms with Gasteiger partial charge in [-0.25, -0.2) is 0 Å². The molecule has 1 fully saturated rings. The highest BCUT2D eigenvalue weighted by Crippen LogP contribution is 2.25. The van der Waals surface area contributed by atoms with Gasteiger partial charge >= 0.3 is 0 Å². The fourth-order valence-electron chi connectivity index (χ4n) is 1.99. The molecule has 1 unspecified atom stereocenters. The zero-order chi connectivity index (χ0) is 13.0. The maximum atomic E-state index is 4.66. The number of hydrogen-bond acceptors (Lipinski definition) is 2. The summed E-state index contributed by atoms with van der Waals surface area (Å²) in [5, 5.41) is 4.65. The lowest BCUT2D eigenvalue weighted by atomic mass is 10.0. The molecule has 0 saturated carbocycles. The van der Waals surface area contributed by atoms with Gasteiger partial charge in [0, 0.05) is 17.8 Å². The van der Waals surface area contributed by atoms with Crippen molar-refractivity contribution in [1.29, 1.82) is 0 Å². The molecule has 0 bridgehead atoms. The second-order valence-corrected chi connectivity index (χ2v) is 6.22. The Morgan fingerprint density at radius 1 is 1.44 bits per heavy atom. The highest BCUT2D eigenvalue weighted by atomic mass is 32.2. The molecule has 1 heterocycles. The second kappa shape index (κ2) is 5.79. The molecule has 2 rings (SSSR count). The molecule has 1 atom stereocenters. The van der Waals surface area contributed by atoms with E-state index in [0.29, 0.717) is 0 Å². The van der Waals surface area contributed by atoms with E-state index >= 15 is 0 Å². The van der Waals surface area contributed by atoms with Crippen molar-refractivity contribution < 1.29 is 0 Å². The van der Waals surface area contributed by atoms with Gasteiger partial charge in [-0.15, -0.1) is 0 Å². The molecule has 0 radical (unpaired) electrons. The summed E-state index contributed by atoms with van der Waals surface area (Å²) in [6.07, 6.45) is 2.17. The normalized spacial score (nSPS) is 25.4. The molecule has 1 aliphatic heterocycles. The standard InChI is InChI=1S/C15H22N2S/c1-4-15(3)11-18-14(17-15)16-9-8-13-7-5-6-12(2)10-13/h5-7,10H,4,8-9,11H2,1-3H3,(H,16,17). The molecule has 98 valence electrons. The van der Waals surface area contributed by atoms with E-state index < -0.39 is 0 Å². The third-order valence-corrected chi connectivity index (χ3v) is 4.74. The van der Waals surface area contributed by atoms with Gasteiger partial charge in [0.05, 0.1) is 0 Å². The summed E-state index contributed by atoms with van der Waals surface area (Å²) < 4.78 is 0. The third kappa shape index (κ3) is 3.52. The Morgan fingerprint density at radius 3 is 2.94 bits per heavy atom. The van der Waals surface area contributed by atoms with Gasteiger partial charge in [-0.1, -0.05) is 48.5 Å². The van der Waals surface area contributed by atoms with Crippen molar-refractivity contribution >= 4 is 16.9 Å². The Labute approximate surface area is 114 Å². The van der Waals surface area contributed by atoms with E-state index in [1.807, 2.05) is 11.8 Å². The van der Waals surface area contributed by atoms with E-state index in [0.717, 1.165) is 30.3 Å². The number of aliphatic imine (C=N–C) groups is 1. The topological polar surface area (TPSA) is 24.4 Å². The predicted molar refractivity (Wildman–Crippen MR) is 81.5 cm³/mol. The van der Waals surface area contributed by atoms with Gasteiger partial charge < -0.3 is 5.32 Å². The summed E-state index contributed by atoms with van der Waals surface area (Å²) in [5.74, 6) is 1.13. The summed E-state index contributed by atoms with van der Waals surface area (Å²) in [5.41, 5.74) is 2.94. The first kappa shape index (κ1) is 13.5. The first-order valence-corrected chi connectivity index (χ1v) is 7.61. The molecule has 0 spiro atoms. The average Bonchev–Trinajstić information content (AvgIpc) is 2.72. The Hall–Kier alpha value is -0.960. The fraction of sp³-hybridized carbons (Fsp3) is 0.533. The number of rotatable bonds is 4. The van der Waals surface area contributed by atoms with Gasteiger partial charge in [0.1, 0.15) is 0 Å². The van der Waals surface area contributed by atoms with Gasteiger partial charge in [-0.2, -0.15) is 0 Å². The van der Waals surface area contributed by atoms with E-state index in [9.17, 15) is 0 Å². The molecule has 0 aliphatic carbocycles. The van der Waals surface area contributed by atoms with Crippen LogP contribution in [0.3, 0.4) is 0 Å². The largest absolute Gasteiger partial charge is 0.359 e. The van der Waals surface area contributed by atoms with Crippen molar-refractivity contribution in [3.8, 4) is 0 Å². The fourth-order valence-corrected chi connectivity index (χ4v) is 3.22. The van der Waals surface area contributed by atoms with Crippen LogP contribution in [0.4, 0.5) is 0 Å². The summed E-state index contributed by atoms with van der Waals surface area (Å²) >= 11 is 1.85. The quantitative estimate of drug-likeness (QED) is 0.899. The third-order valence-electron chi connectivity index (χ3n) is 3.45. The number of benzene rings is 1. The highest BCUT2D eigenvalue weighted by molar-refractivity contribution is 8.14. The van der Waals surface area contributed by atoms with Crippen LogP contribution in [0, 0.1) is 6.92 Å². The molecular weight excluding hydrogens is 240 g/mol. The average molecular weight is 262 g/mol. The Morgan fingerprint density at radius 2 is 2.28 bits per heavy atom. The van der Waals surface area contributed by atoms with Crippen LogP contribution in [0.5, 0.6) is 0 Å². The van der Waals surface area contributed by atoms with E-state index in [2.05, 4.69) is 55.3 Å². The van der Waals surface area contributed by atoms with Gasteiger partial charge in [0.2, 0.25) is 0 Å². The van der Waals surface area contributed by atoms with Crippen molar-refractivity contribution in [1.82, 2.24) is 5.32 Å². The van der Waals surface area contributed by atoms with Crippen molar-refractivity contribution in [2.75, 3.05) is 12.3 Å². The Bertz CT molecular complexity index is 442. The molecule has 1 aromatic rings. The van der Waals surface area contributed by atoms with Crippen molar-refractivity contribution in [2.45, 2.75) is 39.2 Å². The summed E-state index contributed by atoms with van der Waals surface area (Å²) in [7, 11) is 0. The van der Waals surface area contributed by atoms with Crippen LogP contribution in [-0.4, -0.2) is 23.0 Å². The number of amidine groups is 1. The molecule has 2 nitrogen and oxygen atoms in total. The minimum absolute atomic E-state index is 0.243. The minimum Gasteiger partial charge on any atom is -0.359 e. The number of nitrogens with one attached hydrogen (secondary N) is 1. The lowest BCUT2D eigenvalue weighted by Crippen LogP contribution is -2.39. The molecule has 0 aromatic heterocycles. The SMILES string of the molecule is CCC1(C)CSC(=NCCc2cccc(C)c2)N1. The highest BCUT2D eigenvalue weighted by Gasteiger charge is 2.30. The number of thioether (sulfide) groups is 1. The van der Waals surface area contributed by atoms with Gasteiger partial charge in [0.15, 0.2) is 5.17 Å². The van der Waals surface area contributed by atoms with Crippen LogP contribution in [0.15, 0.2) is 29.3 Å². The van der Waals surface area contributed by atoms with Crippen LogP contribution in [-0.2, 0) is 6.42 Å². The second-order valence-electron chi connectivity index (χ2n) is 5.25. The lowest BCUT2D eigenvalue weighted by molar-refractivity contribution is 0.466. The first-order valence-electron chi connectivity index (χ1n) is 6.62. The maximum absolute atomic E-state index is 4.66. The van der Waals surface area contributed by atoms with Crippen LogP contribution in [0.2, 0.25) is 0 Å². The van der Waals surface area contributed by atoms with Gasteiger partial charge in [0.25, 0.3) is 0 Å². The van der Waals surface area contributed by atoms with Crippen molar-refractivity contribution in [3.05, 3.63) is 35.4 Å². The molecule has 1 aliphatic rings. The maximum Gasteiger partial charge on any atom is 0.157 e. The Kier molecular flexibility index (Phi) is 4.33. The molecular formula is C15H22N2S. The van der Waals surface area contributed by atoms with Crippen LogP contribution in [0.25, 0.3) is 0 Å². The first-order chi connectivity index (χ1) is 8.61. The van der Waals surface area contributed by atoms with Crippen molar-refractivity contribution in [3.63, 3.8) is 0 Å². The van der Waals surface area contributed by atoms with Gasteiger partial charge in [-0.05, 0) is 32.3 Å². The molecule has 18 heavy (non-hydrogen) atoms. The number of nitrogens with zero attached hydrogens (tertiary/aromatic N) is 1. The molecule has 1 N–H and O–H groups in total. The van der Waals surface area contributed by atoms with Crippen LogP contribution in [0.1, 0.15) is 31.4 Å². The molecule has 0 amide bonds. The summed E-state index contributed by atoms with van der Waals surface area (Å²) in [6.45, 7) is 7.50.